The van der Waals surface area contributed by atoms with Crippen molar-refractivity contribution in [2.24, 2.45) is 0 Å². The second kappa shape index (κ2) is 6.27. The van der Waals surface area contributed by atoms with Crippen LogP contribution in [-0.4, -0.2) is 44.3 Å². The van der Waals surface area contributed by atoms with Gasteiger partial charge in [-0.05, 0) is 19.1 Å². The van der Waals surface area contributed by atoms with E-state index in [1.54, 1.807) is 0 Å². The summed E-state index contributed by atoms with van der Waals surface area (Å²) in [6.45, 7) is 1.16. The normalized spacial score (nSPS) is 14.8. The molecule has 1 rings (SSSR count). The van der Waals surface area contributed by atoms with Crippen molar-refractivity contribution in [1.82, 2.24) is 4.72 Å². The minimum Gasteiger partial charge on any atom is -0.386 e. The number of nitrogens with zero attached hydrogens (tertiary/aromatic N) is 1. The lowest BCUT2D eigenvalue weighted by atomic mass is 10.1. The number of ether oxygens (including phenoxy) is 1. The number of non-ortho nitro benzene ring substituents is 1. The zero-order valence-electron chi connectivity index (χ0n) is 11.1. The maximum Gasteiger partial charge on any atom is 0.269 e. The van der Waals surface area contributed by atoms with E-state index in [4.69, 9.17) is 4.74 Å². The van der Waals surface area contributed by atoms with E-state index >= 15 is 0 Å². The van der Waals surface area contributed by atoms with Crippen molar-refractivity contribution in [2.75, 3.05) is 20.3 Å². The Hall–Kier alpha value is -1.55. The predicted molar refractivity (Wildman–Crippen MR) is 70.8 cm³/mol. The number of benzene rings is 1. The van der Waals surface area contributed by atoms with Gasteiger partial charge < -0.3 is 9.84 Å². The maximum atomic E-state index is 11.9. The van der Waals surface area contributed by atoms with Gasteiger partial charge in [0.05, 0.1) is 22.0 Å². The fourth-order valence-electron chi connectivity index (χ4n) is 1.44. The number of nitro groups is 1. The average molecular weight is 304 g/mol. The summed E-state index contributed by atoms with van der Waals surface area (Å²) in [6, 6.07) is 4.46. The summed E-state index contributed by atoms with van der Waals surface area (Å²) >= 11 is 0. The van der Waals surface area contributed by atoms with Gasteiger partial charge in [0.15, 0.2) is 0 Å². The third-order valence-electron chi connectivity index (χ3n) is 2.46. The first-order valence-electron chi connectivity index (χ1n) is 5.63. The molecule has 0 saturated heterocycles. The van der Waals surface area contributed by atoms with Gasteiger partial charge in [0.1, 0.15) is 0 Å². The van der Waals surface area contributed by atoms with E-state index in [-0.39, 0.29) is 23.7 Å². The Kier molecular flexibility index (Phi) is 5.17. The van der Waals surface area contributed by atoms with Crippen LogP contribution in [0.2, 0.25) is 0 Å². The summed E-state index contributed by atoms with van der Waals surface area (Å²) in [5.74, 6) is 0. The van der Waals surface area contributed by atoms with Crippen molar-refractivity contribution >= 4 is 15.7 Å². The van der Waals surface area contributed by atoms with Crippen molar-refractivity contribution in [1.29, 1.82) is 0 Å². The molecule has 1 atom stereocenters. The molecule has 1 aromatic carbocycles. The molecule has 20 heavy (non-hydrogen) atoms. The van der Waals surface area contributed by atoms with Crippen molar-refractivity contribution in [2.45, 2.75) is 17.4 Å². The minimum atomic E-state index is -3.84. The lowest BCUT2D eigenvalue weighted by Gasteiger charge is -2.22. The van der Waals surface area contributed by atoms with Gasteiger partial charge in [0.2, 0.25) is 10.0 Å². The summed E-state index contributed by atoms with van der Waals surface area (Å²) in [5.41, 5.74) is -1.54. The van der Waals surface area contributed by atoms with Crippen LogP contribution in [0.4, 0.5) is 5.69 Å². The van der Waals surface area contributed by atoms with Crippen LogP contribution in [0.1, 0.15) is 6.92 Å². The van der Waals surface area contributed by atoms with E-state index in [1.165, 1.54) is 14.0 Å². The van der Waals surface area contributed by atoms with E-state index < -0.39 is 20.5 Å². The summed E-state index contributed by atoms with van der Waals surface area (Å²) < 4.78 is 30.8. The number of hydrogen-bond donors (Lipinski definition) is 2. The molecule has 0 aromatic heterocycles. The van der Waals surface area contributed by atoms with Crippen LogP contribution in [-0.2, 0) is 14.8 Å². The molecule has 0 aliphatic rings. The standard InChI is InChI=1S/C11H16N2O6S/c1-11(14,8-19-2)7-12-20(17,18)10-5-3-9(4-6-10)13(15)16/h3-6,12,14H,7-8H2,1-2H3. The predicted octanol–water partition coefficient (Wildman–Crippen LogP) is 0.270. The molecule has 1 aromatic rings. The monoisotopic (exact) mass is 304 g/mol. The Morgan fingerprint density at radius 2 is 1.95 bits per heavy atom. The molecule has 0 amide bonds. The summed E-state index contributed by atoms with van der Waals surface area (Å²) in [5, 5.41) is 20.3. The average Bonchev–Trinajstić information content (AvgIpc) is 2.37. The van der Waals surface area contributed by atoms with Crippen LogP contribution in [0.3, 0.4) is 0 Å². The van der Waals surface area contributed by atoms with Crippen LogP contribution in [0, 0.1) is 10.1 Å². The highest BCUT2D eigenvalue weighted by Crippen LogP contribution is 2.16. The molecule has 1 unspecified atom stereocenters. The number of aliphatic hydroxyl groups is 1. The molecule has 0 heterocycles. The molecule has 0 radical (unpaired) electrons. The molecule has 0 aliphatic carbocycles. The zero-order chi connectivity index (χ0) is 15.4. The second-order valence-corrected chi connectivity index (χ2v) is 6.27. The number of rotatable bonds is 7. The molecule has 112 valence electrons. The first-order valence-corrected chi connectivity index (χ1v) is 7.12. The van der Waals surface area contributed by atoms with E-state index in [9.17, 15) is 23.6 Å². The van der Waals surface area contributed by atoms with Gasteiger partial charge in [-0.15, -0.1) is 0 Å². The molecular formula is C11H16N2O6S. The van der Waals surface area contributed by atoms with Gasteiger partial charge in [-0.25, -0.2) is 13.1 Å². The largest absolute Gasteiger partial charge is 0.386 e. The van der Waals surface area contributed by atoms with Crippen LogP contribution < -0.4 is 4.72 Å². The summed E-state index contributed by atoms with van der Waals surface area (Å²) in [7, 11) is -2.45. The number of hydrogen-bond acceptors (Lipinski definition) is 6. The van der Waals surface area contributed by atoms with Crippen LogP contribution in [0.15, 0.2) is 29.2 Å². The summed E-state index contributed by atoms with van der Waals surface area (Å²) in [4.78, 5) is 9.75. The third-order valence-corrected chi connectivity index (χ3v) is 3.87. The number of methoxy groups -OCH3 is 1. The summed E-state index contributed by atoms with van der Waals surface area (Å²) in [6.07, 6.45) is 0. The smallest absolute Gasteiger partial charge is 0.269 e. The maximum absolute atomic E-state index is 11.9. The highest BCUT2D eigenvalue weighted by molar-refractivity contribution is 7.89. The fraction of sp³-hybridized carbons (Fsp3) is 0.455. The van der Waals surface area contributed by atoms with Gasteiger partial charge in [-0.3, -0.25) is 10.1 Å². The highest BCUT2D eigenvalue weighted by atomic mass is 32.2. The minimum absolute atomic E-state index is 0.0320. The van der Waals surface area contributed by atoms with Gasteiger partial charge >= 0.3 is 0 Å². The zero-order valence-corrected chi connectivity index (χ0v) is 11.9. The van der Waals surface area contributed by atoms with Crippen LogP contribution in [0.25, 0.3) is 0 Å². The lowest BCUT2D eigenvalue weighted by molar-refractivity contribution is -0.384. The Labute approximate surface area is 116 Å². The number of nitro benzene ring substituents is 1. The van der Waals surface area contributed by atoms with Crippen molar-refractivity contribution in [3.8, 4) is 0 Å². The first kappa shape index (κ1) is 16.5. The molecule has 9 heteroatoms. The molecular weight excluding hydrogens is 288 g/mol. The van der Waals surface area contributed by atoms with Gasteiger partial charge in [-0.1, -0.05) is 0 Å². The molecule has 0 fully saturated rings. The van der Waals surface area contributed by atoms with E-state index in [0.717, 1.165) is 24.3 Å². The number of nitrogens with one attached hydrogen (secondary N) is 1. The SMILES string of the molecule is COCC(C)(O)CNS(=O)(=O)c1ccc([N+](=O)[O-])cc1. The van der Waals surface area contributed by atoms with E-state index in [0.29, 0.717) is 0 Å². The van der Waals surface area contributed by atoms with E-state index in [1.807, 2.05) is 0 Å². The van der Waals surface area contributed by atoms with Crippen LogP contribution >= 0.6 is 0 Å². The van der Waals surface area contributed by atoms with Crippen molar-refractivity contribution in [3.63, 3.8) is 0 Å². The van der Waals surface area contributed by atoms with Gasteiger partial charge in [-0.2, -0.15) is 0 Å². The first-order chi connectivity index (χ1) is 9.18. The van der Waals surface area contributed by atoms with Crippen LogP contribution in [0.5, 0.6) is 0 Å². The Morgan fingerprint density at radius 1 is 1.40 bits per heavy atom. The quantitative estimate of drug-likeness (QED) is 0.551. The third kappa shape index (κ3) is 4.53. The Balaban J connectivity index is 2.81. The highest BCUT2D eigenvalue weighted by Gasteiger charge is 2.24. The molecule has 0 aliphatic heterocycles. The van der Waals surface area contributed by atoms with Crippen molar-refractivity contribution < 1.29 is 23.2 Å². The Bertz CT molecular complexity index is 567. The van der Waals surface area contributed by atoms with E-state index in [2.05, 4.69) is 4.72 Å². The molecule has 2 N–H and O–H groups in total. The van der Waals surface area contributed by atoms with Crippen molar-refractivity contribution in [3.05, 3.63) is 34.4 Å². The topological polar surface area (TPSA) is 119 Å². The second-order valence-electron chi connectivity index (χ2n) is 4.51. The van der Waals surface area contributed by atoms with Gasteiger partial charge in [0, 0.05) is 25.8 Å². The van der Waals surface area contributed by atoms with Gasteiger partial charge in [0.25, 0.3) is 5.69 Å². The fourth-order valence-corrected chi connectivity index (χ4v) is 2.60. The Morgan fingerprint density at radius 3 is 2.40 bits per heavy atom. The molecule has 8 nitrogen and oxygen atoms in total. The molecule has 0 spiro atoms. The molecule has 0 bridgehead atoms. The number of sulfonamides is 1. The molecule has 0 saturated carbocycles. The lowest BCUT2D eigenvalue weighted by Crippen LogP contribution is -2.43.